The first kappa shape index (κ1) is 12.4. The highest BCUT2D eigenvalue weighted by Gasteiger charge is 2.32. The molecule has 1 aromatic rings. The van der Waals surface area contributed by atoms with E-state index in [0.717, 1.165) is 11.1 Å². The SMILES string of the molecule is CC(O)CC1=NS(=O)(=O)c2sc(F)cc2N1N. The lowest BCUT2D eigenvalue weighted by Gasteiger charge is -2.24. The van der Waals surface area contributed by atoms with Crippen LogP contribution in [0.25, 0.3) is 0 Å². The molecule has 2 rings (SSSR count). The second-order valence-electron chi connectivity index (χ2n) is 3.63. The monoisotopic (exact) mass is 279 g/mol. The van der Waals surface area contributed by atoms with E-state index in [-0.39, 0.29) is 22.2 Å². The summed E-state index contributed by atoms with van der Waals surface area (Å²) in [4.78, 5) is 0. The molecular weight excluding hydrogens is 269 g/mol. The van der Waals surface area contributed by atoms with Gasteiger partial charge in [0.15, 0.2) is 9.34 Å². The number of hydrazine groups is 1. The fourth-order valence-corrected chi connectivity index (χ4v) is 3.78. The molecule has 0 saturated heterocycles. The summed E-state index contributed by atoms with van der Waals surface area (Å²) in [5, 5.41) is 9.55. The summed E-state index contributed by atoms with van der Waals surface area (Å²) in [7, 11) is -3.92. The third-order valence-electron chi connectivity index (χ3n) is 2.12. The molecule has 2 heterocycles. The number of thiophene rings is 1. The summed E-state index contributed by atoms with van der Waals surface area (Å²) in [5.74, 6) is 5.63. The van der Waals surface area contributed by atoms with Crippen molar-refractivity contribution >= 4 is 32.9 Å². The van der Waals surface area contributed by atoms with Crippen molar-refractivity contribution in [2.45, 2.75) is 23.7 Å². The number of hydrogen-bond acceptors (Lipinski definition) is 6. The van der Waals surface area contributed by atoms with E-state index < -0.39 is 21.3 Å². The maximum atomic E-state index is 13.1. The molecule has 0 radical (unpaired) electrons. The van der Waals surface area contributed by atoms with Crippen LogP contribution in [0.3, 0.4) is 0 Å². The topological polar surface area (TPSA) is 96.0 Å². The first-order valence-electron chi connectivity index (χ1n) is 4.67. The zero-order chi connectivity index (χ0) is 12.8. The highest BCUT2D eigenvalue weighted by atomic mass is 32.2. The Morgan fingerprint density at radius 2 is 2.35 bits per heavy atom. The number of nitrogens with zero attached hydrogens (tertiary/aromatic N) is 2. The van der Waals surface area contributed by atoms with Crippen LogP contribution in [0.15, 0.2) is 14.7 Å². The standard InChI is InChI=1S/C8H10FN3O3S2/c1-4(13)2-7-11-17(14,15)8-5(12(7)10)3-6(9)16-8/h3-4,13H,2,10H2,1H3. The molecule has 94 valence electrons. The summed E-state index contributed by atoms with van der Waals surface area (Å²) in [5.41, 5.74) is 0.0538. The van der Waals surface area contributed by atoms with Crippen molar-refractivity contribution in [3.05, 3.63) is 11.2 Å². The van der Waals surface area contributed by atoms with Gasteiger partial charge in [-0.2, -0.15) is 12.8 Å². The molecule has 0 amide bonds. The molecule has 0 spiro atoms. The zero-order valence-corrected chi connectivity index (χ0v) is 10.4. The lowest BCUT2D eigenvalue weighted by Crippen LogP contribution is -2.42. The number of aliphatic hydroxyl groups is 1. The van der Waals surface area contributed by atoms with E-state index in [2.05, 4.69) is 4.40 Å². The minimum Gasteiger partial charge on any atom is -0.393 e. The van der Waals surface area contributed by atoms with Crippen LogP contribution in [0.1, 0.15) is 13.3 Å². The van der Waals surface area contributed by atoms with E-state index >= 15 is 0 Å². The molecule has 1 unspecified atom stereocenters. The first-order valence-corrected chi connectivity index (χ1v) is 6.93. The third kappa shape index (κ3) is 2.18. The molecular formula is C8H10FN3O3S2. The number of rotatable bonds is 2. The van der Waals surface area contributed by atoms with Gasteiger partial charge in [0.05, 0.1) is 11.8 Å². The lowest BCUT2D eigenvalue weighted by molar-refractivity contribution is 0.203. The summed E-state index contributed by atoms with van der Waals surface area (Å²) in [6.07, 6.45) is -0.813. The minimum absolute atomic E-state index is 0.00898. The predicted molar refractivity (Wildman–Crippen MR) is 61.9 cm³/mol. The summed E-state index contributed by atoms with van der Waals surface area (Å²) >= 11 is 0.476. The Hall–Kier alpha value is -1.03. The first-order chi connectivity index (χ1) is 7.81. The van der Waals surface area contributed by atoms with Crippen LogP contribution in [0, 0.1) is 5.13 Å². The lowest BCUT2D eigenvalue weighted by atomic mass is 10.2. The second-order valence-corrected chi connectivity index (χ2v) is 6.43. The van der Waals surface area contributed by atoms with Crippen LogP contribution in [0.4, 0.5) is 10.1 Å². The van der Waals surface area contributed by atoms with Gasteiger partial charge < -0.3 is 5.11 Å². The van der Waals surface area contributed by atoms with Crippen LogP contribution >= 0.6 is 11.3 Å². The fourth-order valence-electron chi connectivity index (χ4n) is 1.45. The number of sulfonamides is 1. The van der Waals surface area contributed by atoms with Crippen molar-refractivity contribution in [2.24, 2.45) is 10.2 Å². The predicted octanol–water partition coefficient (Wildman–Crippen LogP) is 0.439. The minimum atomic E-state index is -3.92. The van der Waals surface area contributed by atoms with E-state index in [4.69, 9.17) is 5.84 Å². The van der Waals surface area contributed by atoms with Gasteiger partial charge >= 0.3 is 0 Å². The van der Waals surface area contributed by atoms with Crippen LogP contribution in [0.5, 0.6) is 0 Å². The van der Waals surface area contributed by atoms with E-state index in [1.807, 2.05) is 0 Å². The Morgan fingerprint density at radius 3 is 2.94 bits per heavy atom. The molecule has 3 N–H and O–H groups in total. The van der Waals surface area contributed by atoms with E-state index in [1.165, 1.54) is 6.92 Å². The van der Waals surface area contributed by atoms with Gasteiger partial charge in [-0.05, 0) is 6.92 Å². The Bertz CT molecular complexity index is 579. The highest BCUT2D eigenvalue weighted by molar-refractivity contribution is 7.92. The molecule has 1 aliphatic heterocycles. The molecule has 0 aromatic carbocycles. The van der Waals surface area contributed by atoms with Gasteiger partial charge in [0.1, 0.15) is 5.84 Å². The van der Waals surface area contributed by atoms with Gasteiger partial charge in [0, 0.05) is 12.5 Å². The van der Waals surface area contributed by atoms with Gasteiger partial charge in [-0.3, -0.25) is 5.01 Å². The van der Waals surface area contributed by atoms with Crippen molar-refractivity contribution in [1.29, 1.82) is 0 Å². The van der Waals surface area contributed by atoms with Crippen LogP contribution < -0.4 is 10.9 Å². The number of anilines is 1. The van der Waals surface area contributed by atoms with E-state index in [0.29, 0.717) is 11.3 Å². The molecule has 9 heteroatoms. The quantitative estimate of drug-likeness (QED) is 0.766. The number of fused-ring (bicyclic) bond motifs is 1. The number of amidine groups is 1. The maximum absolute atomic E-state index is 13.1. The summed E-state index contributed by atoms with van der Waals surface area (Å²) in [6.45, 7) is 1.48. The molecule has 0 saturated carbocycles. The fraction of sp³-hybridized carbons (Fsp3) is 0.375. The molecule has 1 aliphatic rings. The Balaban J connectivity index is 2.53. The van der Waals surface area contributed by atoms with E-state index in [1.54, 1.807) is 0 Å². The highest BCUT2D eigenvalue weighted by Crippen LogP contribution is 2.37. The smallest absolute Gasteiger partial charge is 0.295 e. The van der Waals surface area contributed by atoms with E-state index in [9.17, 15) is 17.9 Å². The molecule has 1 aromatic heterocycles. The van der Waals surface area contributed by atoms with Gasteiger partial charge in [0.25, 0.3) is 10.0 Å². The average Bonchev–Trinajstić information content (AvgIpc) is 2.56. The van der Waals surface area contributed by atoms with Crippen molar-refractivity contribution < 1.29 is 17.9 Å². The molecule has 1 atom stereocenters. The largest absolute Gasteiger partial charge is 0.393 e. The van der Waals surface area contributed by atoms with Crippen molar-refractivity contribution in [2.75, 3.05) is 5.01 Å². The van der Waals surface area contributed by atoms with Crippen LogP contribution in [-0.2, 0) is 10.0 Å². The Labute approximate surface area is 101 Å². The molecule has 0 fully saturated rings. The van der Waals surface area contributed by atoms with Crippen LogP contribution in [-0.4, -0.2) is 25.5 Å². The molecule has 17 heavy (non-hydrogen) atoms. The summed E-state index contributed by atoms with van der Waals surface area (Å²) in [6, 6.07) is 1.04. The third-order valence-corrected chi connectivity index (χ3v) is 4.84. The number of halogens is 1. The van der Waals surface area contributed by atoms with Gasteiger partial charge in [-0.1, -0.05) is 11.3 Å². The normalized spacial score (nSPS) is 19.8. The summed E-state index contributed by atoms with van der Waals surface area (Å²) < 4.78 is 39.7. The van der Waals surface area contributed by atoms with Crippen LogP contribution in [0.2, 0.25) is 0 Å². The number of aliphatic hydroxyl groups excluding tert-OH is 1. The van der Waals surface area contributed by atoms with Crippen molar-refractivity contribution in [3.8, 4) is 0 Å². The van der Waals surface area contributed by atoms with Gasteiger partial charge in [-0.25, -0.2) is 5.84 Å². The second kappa shape index (κ2) is 4.02. The van der Waals surface area contributed by atoms with Crippen molar-refractivity contribution in [1.82, 2.24) is 0 Å². The Morgan fingerprint density at radius 1 is 1.71 bits per heavy atom. The average molecular weight is 279 g/mol. The number of hydrogen-bond donors (Lipinski definition) is 2. The number of nitrogens with two attached hydrogens (primary N) is 1. The zero-order valence-electron chi connectivity index (χ0n) is 8.79. The van der Waals surface area contributed by atoms with Crippen molar-refractivity contribution in [3.63, 3.8) is 0 Å². The molecule has 0 bridgehead atoms. The van der Waals surface area contributed by atoms with Gasteiger partial charge in [0.2, 0.25) is 0 Å². The molecule has 0 aliphatic carbocycles. The maximum Gasteiger partial charge on any atom is 0.295 e. The van der Waals surface area contributed by atoms with Gasteiger partial charge in [-0.15, -0.1) is 4.40 Å². The molecule has 6 nitrogen and oxygen atoms in total. The Kier molecular flexibility index (Phi) is 2.94.